The molecule has 4 N–H and O–H groups in total. The molecule has 11 heavy (non-hydrogen) atoms. The van der Waals surface area contributed by atoms with Crippen molar-refractivity contribution >= 4 is 0 Å². The summed E-state index contributed by atoms with van der Waals surface area (Å²) in [5.41, 5.74) is 5.01. The van der Waals surface area contributed by atoms with Crippen molar-refractivity contribution in [2.45, 2.75) is 6.08 Å². The minimum Gasteiger partial charge on any atom is -0.508 e. The van der Waals surface area contributed by atoms with Gasteiger partial charge in [-0.25, -0.2) is 0 Å². The van der Waals surface area contributed by atoms with Crippen LogP contribution in [-0.2, 0) is 0 Å². The van der Waals surface area contributed by atoms with Gasteiger partial charge in [-0.2, -0.15) is 0 Å². The fraction of sp³-hybridized carbons (Fsp3) is 0.250. The Kier molecular flexibility index (Phi) is 1.45. The molecule has 0 bridgehead atoms. The number of aliphatic hydroxyl groups is 1. The van der Waals surface area contributed by atoms with E-state index in [2.05, 4.69) is 0 Å². The molecule has 3 heteroatoms. The standard InChI is InChI=1S/C8H11NO2/c9-5-8(11)6-1-3-7(10)4-2-6/h1-4,8,10-11H,5,9H2/i5D2,8D. The van der Waals surface area contributed by atoms with Gasteiger partial charge in [-0.15, -0.1) is 0 Å². The van der Waals surface area contributed by atoms with Crippen LogP contribution in [0.5, 0.6) is 5.75 Å². The molecular weight excluding hydrogens is 142 g/mol. The number of hydrogen-bond donors (Lipinski definition) is 3. The van der Waals surface area contributed by atoms with Crippen LogP contribution in [-0.4, -0.2) is 16.7 Å². The van der Waals surface area contributed by atoms with Crippen molar-refractivity contribution in [3.05, 3.63) is 29.8 Å². The number of nitrogens with two attached hydrogens (primary N) is 1. The number of rotatable bonds is 2. The van der Waals surface area contributed by atoms with E-state index in [1.807, 2.05) is 0 Å². The Labute approximate surface area is 69.3 Å². The van der Waals surface area contributed by atoms with Gasteiger partial charge in [0.2, 0.25) is 0 Å². The summed E-state index contributed by atoms with van der Waals surface area (Å²) in [5, 5.41) is 18.5. The third-order valence-electron chi connectivity index (χ3n) is 1.28. The van der Waals surface area contributed by atoms with Crippen molar-refractivity contribution in [3.63, 3.8) is 0 Å². The summed E-state index contributed by atoms with van der Waals surface area (Å²) in [7, 11) is 0. The third-order valence-corrected chi connectivity index (χ3v) is 1.28. The molecular formula is C8H11NO2. The van der Waals surface area contributed by atoms with Crippen LogP contribution in [0.25, 0.3) is 0 Å². The Bertz CT molecular complexity index is 318. The Hall–Kier alpha value is -1.06. The monoisotopic (exact) mass is 156 g/mol. The molecule has 0 fully saturated rings. The van der Waals surface area contributed by atoms with Crippen LogP contribution >= 0.6 is 0 Å². The molecule has 0 aromatic heterocycles. The Morgan fingerprint density at radius 2 is 2.09 bits per heavy atom. The zero-order valence-electron chi connectivity index (χ0n) is 8.78. The summed E-state index contributed by atoms with van der Waals surface area (Å²) >= 11 is 0. The van der Waals surface area contributed by atoms with E-state index in [-0.39, 0.29) is 11.3 Å². The van der Waals surface area contributed by atoms with Crippen molar-refractivity contribution in [2.24, 2.45) is 5.73 Å². The molecule has 0 aliphatic carbocycles. The SMILES string of the molecule is [2H]C([2H])(N)C([2H])(O)c1ccc(O)cc1. The molecule has 0 aliphatic rings. The predicted octanol–water partition coefficient (Wildman–Crippen LogP) is 0.384. The van der Waals surface area contributed by atoms with Gasteiger partial charge in [-0.1, -0.05) is 12.1 Å². The van der Waals surface area contributed by atoms with E-state index in [9.17, 15) is 5.11 Å². The van der Waals surface area contributed by atoms with Crippen LogP contribution in [0.4, 0.5) is 0 Å². The van der Waals surface area contributed by atoms with Gasteiger partial charge in [0.25, 0.3) is 0 Å². The maximum Gasteiger partial charge on any atom is 0.115 e. The van der Waals surface area contributed by atoms with E-state index in [1.165, 1.54) is 24.3 Å². The molecule has 1 rings (SSSR count). The highest BCUT2D eigenvalue weighted by molar-refractivity contribution is 5.27. The molecule has 0 heterocycles. The van der Waals surface area contributed by atoms with Gasteiger partial charge in [0.05, 0.1) is 7.45 Å². The summed E-state index contributed by atoms with van der Waals surface area (Å²) in [6.45, 7) is -2.57. The minimum atomic E-state index is -2.57. The van der Waals surface area contributed by atoms with Crippen molar-refractivity contribution in [2.75, 3.05) is 6.50 Å². The summed E-state index contributed by atoms with van der Waals surface area (Å²) in [5.74, 6) is -0.0258. The van der Waals surface area contributed by atoms with Gasteiger partial charge in [0.1, 0.15) is 5.75 Å². The maximum atomic E-state index is 9.50. The smallest absolute Gasteiger partial charge is 0.115 e. The van der Waals surface area contributed by atoms with Crippen LogP contribution in [0.2, 0.25) is 0 Å². The molecule has 0 amide bonds. The first-order valence-electron chi connectivity index (χ1n) is 4.56. The van der Waals surface area contributed by atoms with Crippen LogP contribution < -0.4 is 5.73 Å². The fourth-order valence-corrected chi connectivity index (χ4v) is 0.703. The molecule has 3 nitrogen and oxygen atoms in total. The maximum absolute atomic E-state index is 9.50. The quantitative estimate of drug-likeness (QED) is 0.580. The molecule has 0 aliphatic heterocycles. The molecule has 60 valence electrons. The fourth-order valence-electron chi connectivity index (χ4n) is 0.703. The first-order chi connectivity index (χ1) is 6.25. The van der Waals surface area contributed by atoms with E-state index >= 15 is 0 Å². The minimum absolute atomic E-state index is 0.0113. The number of aromatic hydroxyl groups is 1. The lowest BCUT2D eigenvalue weighted by molar-refractivity contribution is 0.186. The zero-order valence-corrected chi connectivity index (χ0v) is 5.78. The second-order valence-electron chi connectivity index (χ2n) is 2.04. The predicted molar refractivity (Wildman–Crippen MR) is 42.1 cm³/mol. The van der Waals surface area contributed by atoms with Crippen molar-refractivity contribution in [1.29, 1.82) is 0 Å². The molecule has 0 saturated heterocycles. The van der Waals surface area contributed by atoms with Crippen LogP contribution in [0.3, 0.4) is 0 Å². The van der Waals surface area contributed by atoms with E-state index in [4.69, 9.17) is 15.0 Å². The van der Waals surface area contributed by atoms with Gasteiger partial charge >= 0.3 is 0 Å². The number of phenolic OH excluding ortho intramolecular Hbond substituents is 1. The summed E-state index contributed by atoms with van der Waals surface area (Å²) in [6.07, 6.45) is -2.53. The lowest BCUT2D eigenvalue weighted by atomic mass is 10.1. The second kappa shape index (κ2) is 3.37. The lowest BCUT2D eigenvalue weighted by Crippen LogP contribution is -2.10. The molecule has 1 aromatic rings. The summed E-state index contributed by atoms with van der Waals surface area (Å²) in [6, 6.07) is 4.99. The molecule has 0 spiro atoms. The van der Waals surface area contributed by atoms with Gasteiger partial charge in [0.15, 0.2) is 0 Å². The normalized spacial score (nSPS) is 21.1. The van der Waals surface area contributed by atoms with E-state index in [1.54, 1.807) is 0 Å². The number of benzene rings is 1. The molecule has 0 saturated carbocycles. The Morgan fingerprint density at radius 1 is 1.55 bits per heavy atom. The second-order valence-corrected chi connectivity index (χ2v) is 2.04. The molecule has 1 atom stereocenters. The van der Waals surface area contributed by atoms with Gasteiger partial charge in [-0.3, -0.25) is 0 Å². The highest BCUT2D eigenvalue weighted by Gasteiger charge is 2.02. The van der Waals surface area contributed by atoms with Gasteiger partial charge < -0.3 is 15.9 Å². The van der Waals surface area contributed by atoms with Crippen molar-refractivity contribution in [3.8, 4) is 5.75 Å². The third kappa shape index (κ3) is 1.93. The largest absolute Gasteiger partial charge is 0.508 e. The summed E-state index contributed by atoms with van der Waals surface area (Å²) in [4.78, 5) is 0. The molecule has 0 radical (unpaired) electrons. The van der Waals surface area contributed by atoms with Crippen LogP contribution in [0, 0.1) is 0 Å². The highest BCUT2D eigenvalue weighted by atomic mass is 16.3. The van der Waals surface area contributed by atoms with Crippen LogP contribution in [0.15, 0.2) is 24.3 Å². The van der Waals surface area contributed by atoms with Gasteiger partial charge in [0, 0.05) is 9.24 Å². The van der Waals surface area contributed by atoms with Crippen molar-refractivity contribution < 1.29 is 14.3 Å². The highest BCUT2D eigenvalue weighted by Crippen LogP contribution is 2.15. The van der Waals surface area contributed by atoms with E-state index in [0.29, 0.717) is 0 Å². The van der Waals surface area contributed by atoms with Crippen LogP contribution in [0.1, 0.15) is 15.8 Å². The number of phenols is 1. The molecule has 1 aromatic carbocycles. The van der Waals surface area contributed by atoms with Gasteiger partial charge in [-0.05, 0) is 17.7 Å². The summed E-state index contributed by atoms with van der Waals surface area (Å²) < 4.78 is 21.5. The lowest BCUT2D eigenvalue weighted by Gasteiger charge is -2.06. The average Bonchev–Trinajstić information content (AvgIpc) is 2.03. The van der Waals surface area contributed by atoms with E-state index in [0.717, 1.165) is 0 Å². The molecule has 1 unspecified atom stereocenters. The Morgan fingerprint density at radius 3 is 2.55 bits per heavy atom. The first-order valence-corrected chi connectivity index (χ1v) is 3.06. The zero-order chi connectivity index (χ0) is 11.0. The topological polar surface area (TPSA) is 66.5 Å². The van der Waals surface area contributed by atoms with E-state index < -0.39 is 12.6 Å². The Balaban J connectivity index is 3.10. The van der Waals surface area contributed by atoms with Crippen molar-refractivity contribution in [1.82, 2.24) is 0 Å². The average molecular weight is 156 g/mol. The number of hydrogen-bond acceptors (Lipinski definition) is 3. The first kappa shape index (κ1) is 4.74.